The monoisotopic (exact) mass is 224 g/mol. The number of allylic oxidation sites excluding steroid dienone is 3. The molecule has 0 aliphatic carbocycles. The fourth-order valence-corrected chi connectivity index (χ4v) is 2.61. The molecule has 0 N–H and O–H groups in total. The maximum Gasteiger partial charge on any atom is 0.129 e. The summed E-state index contributed by atoms with van der Waals surface area (Å²) in [5.41, 5.74) is 0.149. The van der Waals surface area contributed by atoms with E-state index in [1.807, 2.05) is 18.2 Å². The van der Waals surface area contributed by atoms with Crippen LogP contribution < -0.4 is 0 Å². The summed E-state index contributed by atoms with van der Waals surface area (Å²) in [6.45, 7) is 4.15. The van der Waals surface area contributed by atoms with Gasteiger partial charge in [-0.2, -0.15) is 10.5 Å². The molecule has 0 aliphatic heterocycles. The number of hydrogen-bond donors (Lipinski definition) is 0. The van der Waals surface area contributed by atoms with E-state index in [4.69, 9.17) is 10.5 Å². The van der Waals surface area contributed by atoms with Crippen LogP contribution in [-0.4, -0.2) is 11.5 Å². The van der Waals surface area contributed by atoms with E-state index in [1.54, 1.807) is 29.6 Å². The zero-order valence-electron chi connectivity index (χ0n) is 8.28. The van der Waals surface area contributed by atoms with Crippen LogP contribution >= 0.6 is 23.5 Å². The standard InChI is InChI=1S/C10H12N2S2/c1-3-13-10(14-4-2)6-5-9(7-11)8-12/h5-6H,3-4H2,1-2H3. The van der Waals surface area contributed by atoms with Crippen LogP contribution in [0.1, 0.15) is 13.8 Å². The minimum atomic E-state index is 0.149. The molecule has 0 saturated carbocycles. The largest absolute Gasteiger partial charge is 0.192 e. The van der Waals surface area contributed by atoms with Crippen LogP contribution in [-0.2, 0) is 0 Å². The highest BCUT2D eigenvalue weighted by atomic mass is 32.2. The summed E-state index contributed by atoms with van der Waals surface area (Å²) in [6, 6.07) is 3.66. The third-order valence-corrected chi connectivity index (χ3v) is 3.33. The molecule has 0 spiro atoms. The maximum atomic E-state index is 8.52. The average Bonchev–Trinajstić information content (AvgIpc) is 2.20. The first-order valence-corrected chi connectivity index (χ1v) is 6.23. The highest BCUT2D eigenvalue weighted by Gasteiger charge is 1.95. The van der Waals surface area contributed by atoms with Gasteiger partial charge >= 0.3 is 0 Å². The van der Waals surface area contributed by atoms with Gasteiger partial charge < -0.3 is 0 Å². The quantitative estimate of drug-likeness (QED) is 0.531. The van der Waals surface area contributed by atoms with E-state index < -0.39 is 0 Å². The molecule has 2 nitrogen and oxygen atoms in total. The number of hydrogen-bond acceptors (Lipinski definition) is 4. The van der Waals surface area contributed by atoms with E-state index in [2.05, 4.69) is 13.8 Å². The second-order valence-corrected chi connectivity index (χ2v) is 5.03. The zero-order valence-corrected chi connectivity index (χ0v) is 9.91. The van der Waals surface area contributed by atoms with Crippen LogP contribution in [0.25, 0.3) is 0 Å². The molecule has 0 heterocycles. The first-order valence-electron chi connectivity index (χ1n) is 4.26. The van der Waals surface area contributed by atoms with Gasteiger partial charge in [0, 0.05) is 4.24 Å². The summed E-state index contributed by atoms with van der Waals surface area (Å²) in [6.07, 6.45) is 3.41. The summed E-state index contributed by atoms with van der Waals surface area (Å²) in [7, 11) is 0. The first-order chi connectivity index (χ1) is 6.78. The third kappa shape index (κ3) is 5.75. The van der Waals surface area contributed by atoms with Gasteiger partial charge in [-0.15, -0.1) is 23.5 Å². The Hall–Kier alpha value is -0.840. The van der Waals surface area contributed by atoms with Crippen molar-refractivity contribution >= 4 is 23.5 Å². The second kappa shape index (κ2) is 8.74. The Morgan fingerprint density at radius 3 is 1.93 bits per heavy atom. The predicted molar refractivity (Wildman–Crippen MR) is 63.7 cm³/mol. The highest BCUT2D eigenvalue weighted by molar-refractivity contribution is 8.22. The minimum Gasteiger partial charge on any atom is -0.192 e. The van der Waals surface area contributed by atoms with E-state index >= 15 is 0 Å². The van der Waals surface area contributed by atoms with E-state index in [9.17, 15) is 0 Å². The van der Waals surface area contributed by atoms with Crippen molar-refractivity contribution in [2.75, 3.05) is 11.5 Å². The predicted octanol–water partition coefficient (Wildman–Crippen LogP) is 3.31. The van der Waals surface area contributed by atoms with Gasteiger partial charge in [-0.05, 0) is 23.7 Å². The zero-order chi connectivity index (χ0) is 10.8. The number of thioether (sulfide) groups is 2. The summed E-state index contributed by atoms with van der Waals surface area (Å²) >= 11 is 3.45. The number of nitriles is 2. The number of rotatable bonds is 5. The molecule has 0 aromatic heterocycles. The lowest BCUT2D eigenvalue weighted by atomic mass is 10.3. The smallest absolute Gasteiger partial charge is 0.129 e. The van der Waals surface area contributed by atoms with Gasteiger partial charge in [0.1, 0.15) is 17.7 Å². The molecule has 0 rings (SSSR count). The Balaban J connectivity index is 4.51. The topological polar surface area (TPSA) is 47.6 Å². The second-order valence-electron chi connectivity index (χ2n) is 2.16. The van der Waals surface area contributed by atoms with Crippen LogP contribution in [0.5, 0.6) is 0 Å². The van der Waals surface area contributed by atoms with Gasteiger partial charge in [0.2, 0.25) is 0 Å². The van der Waals surface area contributed by atoms with Crippen molar-refractivity contribution in [3.8, 4) is 12.1 Å². The molecule has 4 heteroatoms. The van der Waals surface area contributed by atoms with Crippen molar-refractivity contribution in [3.05, 3.63) is 22.0 Å². The van der Waals surface area contributed by atoms with Crippen molar-refractivity contribution in [1.29, 1.82) is 10.5 Å². The summed E-state index contributed by atoms with van der Waals surface area (Å²) < 4.78 is 1.15. The van der Waals surface area contributed by atoms with Gasteiger partial charge in [0.05, 0.1) is 0 Å². The van der Waals surface area contributed by atoms with Crippen molar-refractivity contribution < 1.29 is 0 Å². The van der Waals surface area contributed by atoms with Gasteiger partial charge in [0.25, 0.3) is 0 Å². The van der Waals surface area contributed by atoms with Crippen LogP contribution in [0.15, 0.2) is 22.0 Å². The Morgan fingerprint density at radius 2 is 1.57 bits per heavy atom. The van der Waals surface area contributed by atoms with E-state index in [0.29, 0.717) is 0 Å². The molecule has 0 fully saturated rings. The SMILES string of the molecule is CCSC(=CC=C(C#N)C#N)SCC. The molecular weight excluding hydrogens is 212 g/mol. The Morgan fingerprint density at radius 1 is 1.07 bits per heavy atom. The molecule has 14 heavy (non-hydrogen) atoms. The molecule has 0 aliphatic rings. The average molecular weight is 224 g/mol. The molecule has 0 aromatic rings. The Kier molecular flexibility index (Phi) is 8.22. The molecular formula is C10H12N2S2. The number of nitrogens with zero attached hydrogens (tertiary/aromatic N) is 2. The summed E-state index contributed by atoms with van der Waals surface area (Å²) in [5, 5.41) is 17.0. The molecule has 0 bridgehead atoms. The normalized spacial score (nSPS) is 8.29. The lowest BCUT2D eigenvalue weighted by Crippen LogP contribution is -1.75. The van der Waals surface area contributed by atoms with Gasteiger partial charge in [0.15, 0.2) is 0 Å². The van der Waals surface area contributed by atoms with Crippen molar-refractivity contribution in [2.24, 2.45) is 0 Å². The van der Waals surface area contributed by atoms with E-state index in [-0.39, 0.29) is 5.57 Å². The van der Waals surface area contributed by atoms with Crippen LogP contribution in [0.2, 0.25) is 0 Å². The van der Waals surface area contributed by atoms with Crippen molar-refractivity contribution in [2.45, 2.75) is 13.8 Å². The minimum absolute atomic E-state index is 0.149. The molecule has 0 amide bonds. The van der Waals surface area contributed by atoms with Crippen molar-refractivity contribution in [3.63, 3.8) is 0 Å². The Bertz CT molecular complexity index is 281. The highest BCUT2D eigenvalue weighted by Crippen LogP contribution is 2.27. The van der Waals surface area contributed by atoms with Crippen LogP contribution in [0, 0.1) is 22.7 Å². The molecule has 0 aromatic carbocycles. The summed E-state index contributed by atoms with van der Waals surface area (Å²) in [4.78, 5) is 0. The molecule has 0 unspecified atom stereocenters. The summed E-state index contributed by atoms with van der Waals surface area (Å²) in [5.74, 6) is 2.00. The van der Waals surface area contributed by atoms with Gasteiger partial charge in [-0.1, -0.05) is 13.8 Å². The molecule has 0 radical (unpaired) electrons. The van der Waals surface area contributed by atoms with Crippen LogP contribution in [0.4, 0.5) is 0 Å². The first kappa shape index (κ1) is 13.2. The maximum absolute atomic E-state index is 8.52. The fourth-order valence-electron chi connectivity index (χ4n) is 0.673. The van der Waals surface area contributed by atoms with Gasteiger partial charge in [-0.25, -0.2) is 0 Å². The van der Waals surface area contributed by atoms with Gasteiger partial charge in [-0.3, -0.25) is 0 Å². The molecule has 0 saturated heterocycles. The van der Waals surface area contributed by atoms with E-state index in [0.717, 1.165) is 15.7 Å². The molecule has 0 atom stereocenters. The third-order valence-electron chi connectivity index (χ3n) is 1.20. The fraction of sp³-hybridized carbons (Fsp3) is 0.400. The van der Waals surface area contributed by atoms with E-state index in [1.165, 1.54) is 0 Å². The lowest BCUT2D eigenvalue weighted by Gasteiger charge is -2.00. The van der Waals surface area contributed by atoms with Crippen LogP contribution in [0.3, 0.4) is 0 Å². The van der Waals surface area contributed by atoms with Crippen molar-refractivity contribution in [1.82, 2.24) is 0 Å². The molecule has 74 valence electrons. The Labute approximate surface area is 93.7 Å². The lowest BCUT2D eigenvalue weighted by molar-refractivity contribution is 1.46.